The van der Waals surface area contributed by atoms with Gasteiger partial charge in [-0.05, 0) is 38.5 Å². The van der Waals surface area contributed by atoms with E-state index in [0.717, 1.165) is 29.1 Å². The molecule has 3 aromatic rings. The SMILES string of the molecule is CCNC(=NCc1cn2c(C)cccc2n1)NCC(C)(O)c1ccccc1.I. The Morgan fingerprint density at radius 2 is 1.89 bits per heavy atom. The van der Waals surface area contributed by atoms with E-state index < -0.39 is 5.60 Å². The summed E-state index contributed by atoms with van der Waals surface area (Å²) in [5.74, 6) is 0.655. The topological polar surface area (TPSA) is 74.0 Å². The first-order chi connectivity index (χ1) is 13.0. The van der Waals surface area contributed by atoms with Gasteiger partial charge in [0.2, 0.25) is 0 Å². The van der Waals surface area contributed by atoms with Gasteiger partial charge >= 0.3 is 0 Å². The molecule has 2 aromatic heterocycles. The van der Waals surface area contributed by atoms with Crippen LogP contribution in [0.2, 0.25) is 0 Å². The predicted octanol–water partition coefficient (Wildman–Crippen LogP) is 3.22. The molecule has 1 atom stereocenters. The van der Waals surface area contributed by atoms with Crippen LogP contribution in [-0.4, -0.2) is 33.5 Å². The number of aliphatic imine (C=N–C) groups is 1. The lowest BCUT2D eigenvalue weighted by Crippen LogP contribution is -2.44. The standard InChI is InChI=1S/C21H27N5O.HI/c1-4-22-20(24-15-21(3,27)17-10-6-5-7-11-17)23-13-18-14-26-16(2)9-8-12-19(26)25-18;/h5-12,14,27H,4,13,15H2,1-3H3,(H2,22,23,24);1H. The molecule has 2 heterocycles. The number of halogens is 1. The highest BCUT2D eigenvalue weighted by molar-refractivity contribution is 14.0. The first kappa shape index (κ1) is 22.2. The highest BCUT2D eigenvalue weighted by Crippen LogP contribution is 2.18. The van der Waals surface area contributed by atoms with Crippen LogP contribution in [0.3, 0.4) is 0 Å². The number of fused-ring (bicyclic) bond motifs is 1. The Morgan fingerprint density at radius 1 is 1.14 bits per heavy atom. The van der Waals surface area contributed by atoms with Crippen LogP contribution in [0.4, 0.5) is 0 Å². The second-order valence-electron chi connectivity index (χ2n) is 6.82. The molecule has 0 saturated heterocycles. The Labute approximate surface area is 183 Å². The molecule has 6 nitrogen and oxygen atoms in total. The van der Waals surface area contributed by atoms with Gasteiger partial charge in [0.05, 0.1) is 18.8 Å². The van der Waals surface area contributed by atoms with Crippen molar-refractivity contribution in [3.05, 3.63) is 71.7 Å². The number of benzene rings is 1. The van der Waals surface area contributed by atoms with Crippen LogP contribution in [0.1, 0.15) is 30.8 Å². The zero-order valence-corrected chi connectivity index (χ0v) is 18.8. The molecule has 0 fully saturated rings. The van der Waals surface area contributed by atoms with E-state index in [4.69, 9.17) is 0 Å². The Hall–Kier alpha value is -2.13. The molecule has 0 aliphatic carbocycles. The molecule has 0 aliphatic rings. The van der Waals surface area contributed by atoms with Gasteiger partial charge in [0.15, 0.2) is 5.96 Å². The minimum atomic E-state index is -0.988. The molecular weight excluding hydrogens is 465 g/mol. The van der Waals surface area contributed by atoms with E-state index in [1.54, 1.807) is 6.92 Å². The molecule has 0 aliphatic heterocycles. The number of hydrogen-bond donors (Lipinski definition) is 3. The molecule has 3 N–H and O–H groups in total. The summed E-state index contributed by atoms with van der Waals surface area (Å²) in [6.07, 6.45) is 2.01. The molecule has 0 amide bonds. The molecule has 7 heteroatoms. The first-order valence-electron chi connectivity index (χ1n) is 9.23. The molecule has 0 radical (unpaired) electrons. The average molecular weight is 493 g/mol. The summed E-state index contributed by atoms with van der Waals surface area (Å²) in [7, 11) is 0. The summed E-state index contributed by atoms with van der Waals surface area (Å²) >= 11 is 0. The molecule has 0 saturated carbocycles. The van der Waals surface area contributed by atoms with Crippen molar-refractivity contribution >= 4 is 35.6 Å². The Bertz CT molecular complexity index is 921. The van der Waals surface area contributed by atoms with Crippen molar-refractivity contribution in [2.75, 3.05) is 13.1 Å². The molecule has 1 unspecified atom stereocenters. The number of nitrogens with zero attached hydrogens (tertiary/aromatic N) is 3. The van der Waals surface area contributed by atoms with Gasteiger partial charge < -0.3 is 20.1 Å². The van der Waals surface area contributed by atoms with Crippen molar-refractivity contribution in [1.29, 1.82) is 0 Å². The summed E-state index contributed by atoms with van der Waals surface area (Å²) in [6.45, 7) is 7.42. The van der Waals surface area contributed by atoms with Gasteiger partial charge in [0.1, 0.15) is 11.2 Å². The fraction of sp³-hybridized carbons (Fsp3) is 0.333. The number of pyridine rings is 1. The summed E-state index contributed by atoms with van der Waals surface area (Å²) in [5.41, 5.74) is 2.84. The van der Waals surface area contributed by atoms with Crippen LogP contribution in [0, 0.1) is 6.92 Å². The van der Waals surface area contributed by atoms with Crippen molar-refractivity contribution in [3.8, 4) is 0 Å². The second kappa shape index (κ2) is 9.88. The summed E-state index contributed by atoms with van der Waals surface area (Å²) in [5, 5.41) is 17.2. The smallest absolute Gasteiger partial charge is 0.191 e. The number of hydrogen-bond acceptors (Lipinski definition) is 3. The van der Waals surface area contributed by atoms with Gasteiger partial charge in [0, 0.05) is 18.4 Å². The minimum Gasteiger partial charge on any atom is -0.384 e. The zero-order chi connectivity index (χ0) is 19.3. The van der Waals surface area contributed by atoms with Crippen LogP contribution >= 0.6 is 24.0 Å². The first-order valence-corrected chi connectivity index (χ1v) is 9.23. The van der Waals surface area contributed by atoms with Crippen molar-refractivity contribution in [1.82, 2.24) is 20.0 Å². The van der Waals surface area contributed by atoms with Crippen molar-refractivity contribution in [3.63, 3.8) is 0 Å². The van der Waals surface area contributed by atoms with Crippen LogP contribution in [0.5, 0.6) is 0 Å². The fourth-order valence-electron chi connectivity index (χ4n) is 2.93. The maximum absolute atomic E-state index is 10.8. The molecule has 3 rings (SSSR count). The van der Waals surface area contributed by atoms with Gasteiger partial charge in [-0.1, -0.05) is 36.4 Å². The van der Waals surface area contributed by atoms with Crippen LogP contribution < -0.4 is 10.6 Å². The van der Waals surface area contributed by atoms with Gasteiger partial charge in [-0.2, -0.15) is 0 Å². The number of imidazole rings is 1. The van der Waals surface area contributed by atoms with Crippen molar-refractivity contribution < 1.29 is 5.11 Å². The maximum atomic E-state index is 10.8. The maximum Gasteiger partial charge on any atom is 0.191 e. The van der Waals surface area contributed by atoms with E-state index in [9.17, 15) is 5.11 Å². The van der Waals surface area contributed by atoms with Gasteiger partial charge in [-0.15, -0.1) is 24.0 Å². The van der Waals surface area contributed by atoms with E-state index in [-0.39, 0.29) is 24.0 Å². The highest BCUT2D eigenvalue weighted by Gasteiger charge is 2.22. The lowest BCUT2D eigenvalue weighted by Gasteiger charge is -2.25. The van der Waals surface area contributed by atoms with Crippen LogP contribution in [-0.2, 0) is 12.1 Å². The second-order valence-corrected chi connectivity index (χ2v) is 6.82. The van der Waals surface area contributed by atoms with E-state index in [1.165, 1.54) is 0 Å². The molecule has 150 valence electrons. The van der Waals surface area contributed by atoms with Crippen molar-refractivity contribution in [2.45, 2.75) is 32.9 Å². The highest BCUT2D eigenvalue weighted by atomic mass is 127. The van der Waals surface area contributed by atoms with Gasteiger partial charge in [0.25, 0.3) is 0 Å². The Balaban J connectivity index is 0.00000280. The minimum absolute atomic E-state index is 0. The molecular formula is C21H28IN5O. The Morgan fingerprint density at radius 3 is 2.57 bits per heavy atom. The third-order valence-electron chi connectivity index (χ3n) is 4.48. The van der Waals surface area contributed by atoms with Gasteiger partial charge in [-0.25, -0.2) is 9.98 Å². The molecule has 28 heavy (non-hydrogen) atoms. The van der Waals surface area contributed by atoms with Crippen LogP contribution in [0.15, 0.2) is 59.7 Å². The van der Waals surface area contributed by atoms with E-state index >= 15 is 0 Å². The largest absolute Gasteiger partial charge is 0.384 e. The van der Waals surface area contributed by atoms with Gasteiger partial charge in [-0.3, -0.25) is 0 Å². The normalized spacial score (nSPS) is 13.6. The summed E-state index contributed by atoms with van der Waals surface area (Å²) < 4.78 is 2.06. The average Bonchev–Trinajstić information content (AvgIpc) is 3.09. The lowest BCUT2D eigenvalue weighted by molar-refractivity contribution is 0.0617. The number of aromatic nitrogens is 2. The lowest BCUT2D eigenvalue weighted by atomic mass is 9.96. The third-order valence-corrected chi connectivity index (χ3v) is 4.48. The number of guanidine groups is 1. The van der Waals surface area contributed by atoms with E-state index in [2.05, 4.69) is 38.0 Å². The Kier molecular flexibility index (Phi) is 7.82. The van der Waals surface area contributed by atoms with Crippen LogP contribution in [0.25, 0.3) is 5.65 Å². The molecule has 0 spiro atoms. The third kappa shape index (κ3) is 5.45. The molecule has 0 bridgehead atoms. The fourth-order valence-corrected chi connectivity index (χ4v) is 2.93. The zero-order valence-electron chi connectivity index (χ0n) is 16.5. The quantitative estimate of drug-likeness (QED) is 0.280. The number of aliphatic hydroxyl groups is 1. The summed E-state index contributed by atoms with van der Waals surface area (Å²) in [6, 6.07) is 15.7. The molecule has 1 aromatic carbocycles. The monoisotopic (exact) mass is 493 g/mol. The van der Waals surface area contributed by atoms with E-state index in [1.807, 2.05) is 55.6 Å². The number of aryl methyl sites for hydroxylation is 1. The predicted molar refractivity (Wildman–Crippen MR) is 124 cm³/mol. The van der Waals surface area contributed by atoms with Crippen molar-refractivity contribution in [2.24, 2.45) is 4.99 Å². The summed E-state index contributed by atoms with van der Waals surface area (Å²) in [4.78, 5) is 9.23. The van der Waals surface area contributed by atoms with E-state index in [0.29, 0.717) is 19.0 Å². The number of rotatable bonds is 6. The number of nitrogens with one attached hydrogen (secondary N) is 2.